The Bertz CT molecular complexity index is 1040. The van der Waals surface area contributed by atoms with Crippen LogP contribution in [0.1, 0.15) is 54.9 Å². The van der Waals surface area contributed by atoms with Gasteiger partial charge in [-0.15, -0.1) is 11.8 Å². The van der Waals surface area contributed by atoms with Gasteiger partial charge in [0.1, 0.15) is 0 Å². The number of benzene rings is 2. The highest BCUT2D eigenvalue weighted by atomic mass is 32.2. The molecule has 33 heavy (non-hydrogen) atoms. The van der Waals surface area contributed by atoms with Gasteiger partial charge in [-0.1, -0.05) is 37.5 Å². The number of nitriles is 1. The van der Waals surface area contributed by atoms with Crippen molar-refractivity contribution in [2.75, 3.05) is 11.1 Å². The molecule has 0 saturated heterocycles. The molecule has 1 atom stereocenters. The Morgan fingerprint density at radius 2 is 1.88 bits per heavy atom. The van der Waals surface area contributed by atoms with Crippen molar-refractivity contribution < 1.29 is 19.1 Å². The van der Waals surface area contributed by atoms with Crippen LogP contribution in [0, 0.1) is 11.3 Å². The first-order valence-corrected chi connectivity index (χ1v) is 12.0. The zero-order valence-electron chi connectivity index (χ0n) is 18.5. The number of carbonyl (C=O) groups is 3. The van der Waals surface area contributed by atoms with Gasteiger partial charge in [0.25, 0.3) is 5.91 Å². The number of hydrogen-bond acceptors (Lipinski definition) is 6. The minimum absolute atomic E-state index is 0.0682. The van der Waals surface area contributed by atoms with Gasteiger partial charge in [0.15, 0.2) is 6.10 Å². The van der Waals surface area contributed by atoms with Crippen LogP contribution in [0.5, 0.6) is 0 Å². The molecule has 1 fully saturated rings. The van der Waals surface area contributed by atoms with E-state index in [0.29, 0.717) is 21.7 Å². The summed E-state index contributed by atoms with van der Waals surface area (Å²) in [6.07, 6.45) is 4.38. The lowest BCUT2D eigenvalue weighted by Crippen LogP contribution is -2.42. The van der Waals surface area contributed by atoms with Crippen LogP contribution in [0.2, 0.25) is 0 Å². The smallest absolute Gasteiger partial charge is 0.340 e. The maximum absolute atomic E-state index is 12.7. The molecule has 1 aliphatic rings. The highest BCUT2D eigenvalue weighted by molar-refractivity contribution is 8.00. The number of anilines is 1. The molecule has 8 heteroatoms. The van der Waals surface area contributed by atoms with Crippen LogP contribution in [0.3, 0.4) is 0 Å². The van der Waals surface area contributed by atoms with Gasteiger partial charge in [-0.2, -0.15) is 5.26 Å². The summed E-state index contributed by atoms with van der Waals surface area (Å²) in [5, 5.41) is 14.7. The van der Waals surface area contributed by atoms with E-state index < -0.39 is 12.1 Å². The van der Waals surface area contributed by atoms with E-state index in [4.69, 9.17) is 10.00 Å². The van der Waals surface area contributed by atoms with E-state index >= 15 is 0 Å². The van der Waals surface area contributed by atoms with Crippen molar-refractivity contribution in [3.05, 3.63) is 59.7 Å². The number of ether oxygens (including phenoxy) is 1. The summed E-state index contributed by atoms with van der Waals surface area (Å²) in [5.74, 6) is -1.09. The van der Waals surface area contributed by atoms with Crippen LogP contribution in [0.4, 0.5) is 5.69 Å². The van der Waals surface area contributed by atoms with Gasteiger partial charge in [-0.25, -0.2) is 4.79 Å². The second-order valence-electron chi connectivity index (χ2n) is 7.92. The molecule has 172 valence electrons. The zero-order chi connectivity index (χ0) is 23.6. The fourth-order valence-corrected chi connectivity index (χ4v) is 4.45. The Kier molecular flexibility index (Phi) is 8.90. The van der Waals surface area contributed by atoms with E-state index in [1.807, 2.05) is 6.07 Å². The lowest BCUT2D eigenvalue weighted by Gasteiger charge is -2.24. The van der Waals surface area contributed by atoms with Crippen molar-refractivity contribution in [1.82, 2.24) is 5.32 Å². The molecule has 0 bridgehead atoms. The molecular weight excluding hydrogens is 438 g/mol. The van der Waals surface area contributed by atoms with Crippen molar-refractivity contribution in [1.29, 1.82) is 5.26 Å². The summed E-state index contributed by atoms with van der Waals surface area (Å²) in [6, 6.07) is 15.6. The number of esters is 1. The van der Waals surface area contributed by atoms with Crippen molar-refractivity contribution in [2.45, 2.75) is 56.1 Å². The highest BCUT2D eigenvalue weighted by Crippen LogP contribution is 2.24. The van der Waals surface area contributed by atoms with Crippen molar-refractivity contribution in [3.63, 3.8) is 0 Å². The molecule has 0 radical (unpaired) electrons. The van der Waals surface area contributed by atoms with Gasteiger partial charge in [-0.3, -0.25) is 9.59 Å². The molecule has 0 heterocycles. The number of carbonyl (C=O) groups excluding carboxylic acids is 3. The van der Waals surface area contributed by atoms with Crippen molar-refractivity contribution in [3.8, 4) is 6.07 Å². The topological polar surface area (TPSA) is 108 Å². The summed E-state index contributed by atoms with van der Waals surface area (Å²) in [4.78, 5) is 38.1. The van der Waals surface area contributed by atoms with Crippen LogP contribution in [0.25, 0.3) is 0 Å². The molecule has 1 saturated carbocycles. The molecule has 2 N–H and O–H groups in total. The number of nitrogens with zero attached hydrogens (tertiary/aromatic N) is 1. The molecule has 7 nitrogen and oxygen atoms in total. The Morgan fingerprint density at radius 1 is 1.12 bits per heavy atom. The molecule has 0 aromatic heterocycles. The maximum atomic E-state index is 12.7. The van der Waals surface area contributed by atoms with Crippen LogP contribution < -0.4 is 10.6 Å². The molecule has 1 unspecified atom stereocenters. The van der Waals surface area contributed by atoms with E-state index in [-0.39, 0.29) is 23.6 Å². The third kappa shape index (κ3) is 7.36. The molecule has 0 spiro atoms. The number of amides is 2. The lowest BCUT2D eigenvalue weighted by atomic mass is 9.95. The van der Waals surface area contributed by atoms with E-state index in [1.54, 1.807) is 55.5 Å². The van der Waals surface area contributed by atoms with E-state index in [9.17, 15) is 14.4 Å². The largest absolute Gasteiger partial charge is 0.449 e. The molecule has 2 aromatic carbocycles. The van der Waals surface area contributed by atoms with Crippen molar-refractivity contribution in [2.24, 2.45) is 0 Å². The molecule has 1 aliphatic carbocycles. The standard InChI is InChI=1S/C25H27N3O4S/c1-17(24(30)28-19-9-3-2-4-10-19)32-25(31)21-12-5-6-13-22(21)33-16-23(29)27-20-11-7-8-18(14-20)15-26/h5-8,11-14,17,19H,2-4,9-10,16H2,1H3,(H,27,29)(H,28,30). The average molecular weight is 466 g/mol. The first kappa shape index (κ1) is 24.3. The fraction of sp³-hybridized carbons (Fsp3) is 0.360. The first-order valence-electron chi connectivity index (χ1n) is 11.0. The summed E-state index contributed by atoms with van der Waals surface area (Å²) < 4.78 is 5.41. The Labute approximate surface area is 197 Å². The Morgan fingerprint density at radius 3 is 2.64 bits per heavy atom. The normalized spacial score (nSPS) is 14.5. The molecule has 2 amide bonds. The predicted molar refractivity (Wildman–Crippen MR) is 127 cm³/mol. The van der Waals surface area contributed by atoms with Crippen LogP contribution >= 0.6 is 11.8 Å². The number of rotatable bonds is 8. The van der Waals surface area contributed by atoms with E-state index in [2.05, 4.69) is 10.6 Å². The van der Waals surface area contributed by atoms with Crippen LogP contribution in [0.15, 0.2) is 53.4 Å². The van der Waals surface area contributed by atoms with Gasteiger partial charge in [0.05, 0.1) is 22.9 Å². The SMILES string of the molecule is CC(OC(=O)c1ccccc1SCC(=O)Nc1cccc(C#N)c1)C(=O)NC1CCCCC1. The van der Waals surface area contributed by atoms with E-state index in [1.165, 1.54) is 18.2 Å². The minimum atomic E-state index is -0.909. The highest BCUT2D eigenvalue weighted by Gasteiger charge is 2.24. The van der Waals surface area contributed by atoms with Crippen molar-refractivity contribution >= 4 is 35.2 Å². The average Bonchev–Trinajstić information content (AvgIpc) is 2.83. The Hall–Kier alpha value is -3.31. The maximum Gasteiger partial charge on any atom is 0.340 e. The van der Waals surface area contributed by atoms with Crippen LogP contribution in [-0.4, -0.2) is 35.7 Å². The third-order valence-corrected chi connectivity index (χ3v) is 6.42. The predicted octanol–water partition coefficient (Wildman–Crippen LogP) is 4.28. The summed E-state index contributed by atoms with van der Waals surface area (Å²) >= 11 is 1.20. The van der Waals surface area contributed by atoms with Gasteiger partial charge in [0.2, 0.25) is 5.91 Å². The number of thioether (sulfide) groups is 1. The third-order valence-electron chi connectivity index (χ3n) is 5.35. The number of hydrogen-bond donors (Lipinski definition) is 2. The first-order chi connectivity index (χ1) is 16.0. The summed E-state index contributed by atoms with van der Waals surface area (Å²) in [5.41, 5.74) is 1.29. The van der Waals surface area contributed by atoms with Crippen LogP contribution in [-0.2, 0) is 14.3 Å². The van der Waals surface area contributed by atoms with E-state index in [0.717, 1.165) is 25.7 Å². The minimum Gasteiger partial charge on any atom is -0.449 e. The van der Waals surface area contributed by atoms with Gasteiger partial charge < -0.3 is 15.4 Å². The molecular formula is C25H27N3O4S. The fourth-order valence-electron chi connectivity index (χ4n) is 3.61. The Balaban J connectivity index is 1.55. The van der Waals surface area contributed by atoms with Gasteiger partial charge in [0, 0.05) is 16.6 Å². The molecule has 3 rings (SSSR count). The zero-order valence-corrected chi connectivity index (χ0v) is 19.3. The second-order valence-corrected chi connectivity index (χ2v) is 8.93. The summed E-state index contributed by atoms with van der Waals surface area (Å²) in [7, 11) is 0. The van der Waals surface area contributed by atoms with Gasteiger partial charge in [-0.05, 0) is 50.1 Å². The second kappa shape index (κ2) is 12.1. The monoisotopic (exact) mass is 465 g/mol. The quantitative estimate of drug-likeness (QED) is 0.445. The molecule has 2 aromatic rings. The molecule has 0 aliphatic heterocycles. The number of nitrogens with one attached hydrogen (secondary N) is 2. The van der Waals surface area contributed by atoms with Gasteiger partial charge >= 0.3 is 5.97 Å². The lowest BCUT2D eigenvalue weighted by molar-refractivity contribution is -0.130. The summed E-state index contributed by atoms with van der Waals surface area (Å²) in [6.45, 7) is 1.56.